The van der Waals surface area contributed by atoms with Gasteiger partial charge in [0.25, 0.3) is 5.91 Å². The molecule has 0 aliphatic carbocycles. The van der Waals surface area contributed by atoms with Crippen LogP contribution in [0.25, 0.3) is 0 Å². The highest BCUT2D eigenvalue weighted by molar-refractivity contribution is 5.97. The molecule has 1 heterocycles. The molecule has 1 aromatic carbocycles. The summed E-state index contributed by atoms with van der Waals surface area (Å²) in [6.45, 7) is 7.12. The molecule has 0 aromatic heterocycles. The summed E-state index contributed by atoms with van der Waals surface area (Å²) in [5, 5.41) is 3.00. The lowest BCUT2D eigenvalue weighted by Crippen LogP contribution is -2.25. The van der Waals surface area contributed by atoms with Crippen LogP contribution in [0.15, 0.2) is 18.2 Å². The fraction of sp³-hybridized carbons (Fsp3) is 0.588. The van der Waals surface area contributed by atoms with Crippen LogP contribution in [0.5, 0.6) is 5.75 Å². The Bertz CT molecular complexity index is 470. The van der Waals surface area contributed by atoms with Gasteiger partial charge in [0.05, 0.1) is 5.56 Å². The number of hydrogen-bond donors (Lipinski definition) is 1. The number of amides is 1. The Hall–Kier alpha value is -1.51. The third-order valence-corrected chi connectivity index (χ3v) is 4.10. The third kappa shape index (κ3) is 3.14. The Morgan fingerprint density at radius 2 is 2.05 bits per heavy atom. The van der Waals surface area contributed by atoms with E-state index in [1.54, 1.807) is 0 Å². The van der Waals surface area contributed by atoms with Crippen LogP contribution in [0.2, 0.25) is 0 Å². The van der Waals surface area contributed by atoms with E-state index < -0.39 is 0 Å². The number of carbonyl (C=O) groups excluding carboxylic acids is 1. The number of ether oxygens (including phenoxy) is 1. The van der Waals surface area contributed by atoms with Gasteiger partial charge in [-0.2, -0.15) is 0 Å². The summed E-state index contributed by atoms with van der Waals surface area (Å²) in [5.74, 6) is 1.11. The molecular weight excluding hydrogens is 250 g/mol. The monoisotopic (exact) mass is 275 g/mol. The van der Waals surface area contributed by atoms with Gasteiger partial charge in [-0.1, -0.05) is 45.2 Å². The van der Waals surface area contributed by atoms with Gasteiger partial charge in [-0.05, 0) is 19.4 Å². The summed E-state index contributed by atoms with van der Waals surface area (Å²) in [6, 6.07) is 5.86. The molecule has 110 valence electrons. The molecule has 2 atom stereocenters. The Kier molecular flexibility index (Phi) is 5.05. The Morgan fingerprint density at radius 1 is 1.25 bits per heavy atom. The number of carbonyl (C=O) groups is 1. The van der Waals surface area contributed by atoms with Gasteiger partial charge in [0.1, 0.15) is 11.9 Å². The second kappa shape index (κ2) is 6.78. The number of unbranched alkanes of at least 4 members (excludes halogenated alkanes) is 3. The first-order valence-electron chi connectivity index (χ1n) is 7.73. The van der Waals surface area contributed by atoms with Gasteiger partial charge in [0, 0.05) is 18.0 Å². The first-order valence-corrected chi connectivity index (χ1v) is 7.73. The SMILES string of the molecule is CCCCCCNC(=O)c1cccc2c1O[C@@H](C)[C@H]2C. The average molecular weight is 275 g/mol. The van der Waals surface area contributed by atoms with Crippen molar-refractivity contribution in [3.8, 4) is 5.75 Å². The van der Waals surface area contributed by atoms with Crippen LogP contribution in [-0.2, 0) is 0 Å². The normalized spacial score (nSPS) is 20.4. The number of benzene rings is 1. The first kappa shape index (κ1) is 14.9. The average Bonchev–Trinajstić information content (AvgIpc) is 2.74. The van der Waals surface area contributed by atoms with Crippen molar-refractivity contribution >= 4 is 5.91 Å². The quantitative estimate of drug-likeness (QED) is 0.800. The number of nitrogens with one attached hydrogen (secondary N) is 1. The van der Waals surface area contributed by atoms with E-state index in [0.717, 1.165) is 24.3 Å². The molecule has 1 amide bonds. The third-order valence-electron chi connectivity index (χ3n) is 4.10. The summed E-state index contributed by atoms with van der Waals surface area (Å²) in [5.41, 5.74) is 1.82. The molecule has 1 aliphatic rings. The number of hydrogen-bond acceptors (Lipinski definition) is 2. The van der Waals surface area contributed by atoms with Crippen LogP contribution < -0.4 is 10.1 Å². The summed E-state index contributed by atoms with van der Waals surface area (Å²) in [6.07, 6.45) is 4.80. The molecular formula is C17H25NO2. The zero-order valence-corrected chi connectivity index (χ0v) is 12.7. The second-order valence-corrected chi connectivity index (χ2v) is 5.65. The highest BCUT2D eigenvalue weighted by Gasteiger charge is 2.30. The smallest absolute Gasteiger partial charge is 0.255 e. The highest BCUT2D eigenvalue weighted by atomic mass is 16.5. The van der Waals surface area contributed by atoms with Crippen molar-refractivity contribution in [3.05, 3.63) is 29.3 Å². The van der Waals surface area contributed by atoms with Crippen LogP contribution in [-0.4, -0.2) is 18.6 Å². The molecule has 2 rings (SSSR count). The summed E-state index contributed by atoms with van der Waals surface area (Å²) in [4.78, 5) is 12.3. The van der Waals surface area contributed by atoms with Crippen molar-refractivity contribution < 1.29 is 9.53 Å². The van der Waals surface area contributed by atoms with E-state index in [9.17, 15) is 4.79 Å². The fourth-order valence-electron chi connectivity index (χ4n) is 2.61. The maximum atomic E-state index is 12.3. The molecule has 0 unspecified atom stereocenters. The molecule has 1 N–H and O–H groups in total. The zero-order chi connectivity index (χ0) is 14.5. The Balaban J connectivity index is 1.98. The molecule has 0 saturated carbocycles. The van der Waals surface area contributed by atoms with Crippen LogP contribution >= 0.6 is 0 Å². The lowest BCUT2D eigenvalue weighted by atomic mass is 9.97. The van der Waals surface area contributed by atoms with Crippen molar-refractivity contribution in [2.24, 2.45) is 0 Å². The molecule has 0 spiro atoms. The van der Waals surface area contributed by atoms with Gasteiger partial charge >= 0.3 is 0 Å². The van der Waals surface area contributed by atoms with E-state index in [1.807, 2.05) is 12.1 Å². The van der Waals surface area contributed by atoms with Crippen LogP contribution in [0.3, 0.4) is 0 Å². The highest BCUT2D eigenvalue weighted by Crippen LogP contribution is 2.40. The van der Waals surface area contributed by atoms with Crippen LogP contribution in [0, 0.1) is 0 Å². The molecule has 3 heteroatoms. The lowest BCUT2D eigenvalue weighted by molar-refractivity contribution is 0.0948. The maximum Gasteiger partial charge on any atom is 0.255 e. The second-order valence-electron chi connectivity index (χ2n) is 5.65. The minimum atomic E-state index is -0.0142. The van der Waals surface area contributed by atoms with Crippen molar-refractivity contribution in [2.45, 2.75) is 58.5 Å². The largest absolute Gasteiger partial charge is 0.489 e. The van der Waals surface area contributed by atoms with Crippen LogP contribution in [0.1, 0.15) is 68.3 Å². The molecule has 1 aromatic rings. The van der Waals surface area contributed by atoms with E-state index in [1.165, 1.54) is 19.3 Å². The van der Waals surface area contributed by atoms with E-state index in [-0.39, 0.29) is 12.0 Å². The van der Waals surface area contributed by atoms with Crippen molar-refractivity contribution in [3.63, 3.8) is 0 Å². The van der Waals surface area contributed by atoms with Crippen molar-refractivity contribution in [1.29, 1.82) is 0 Å². The van der Waals surface area contributed by atoms with Gasteiger partial charge in [0.15, 0.2) is 0 Å². The zero-order valence-electron chi connectivity index (χ0n) is 12.7. The molecule has 1 aliphatic heterocycles. The van der Waals surface area contributed by atoms with Crippen molar-refractivity contribution in [2.75, 3.05) is 6.54 Å². The minimum absolute atomic E-state index is 0.0142. The lowest BCUT2D eigenvalue weighted by Gasteiger charge is -2.10. The molecule has 20 heavy (non-hydrogen) atoms. The minimum Gasteiger partial charge on any atom is -0.489 e. The van der Waals surface area contributed by atoms with E-state index in [2.05, 4.69) is 32.2 Å². The van der Waals surface area contributed by atoms with E-state index in [0.29, 0.717) is 11.5 Å². The van der Waals surface area contributed by atoms with Crippen molar-refractivity contribution in [1.82, 2.24) is 5.32 Å². The van der Waals surface area contributed by atoms with Crippen LogP contribution in [0.4, 0.5) is 0 Å². The molecule has 3 nitrogen and oxygen atoms in total. The summed E-state index contributed by atoms with van der Waals surface area (Å²) >= 11 is 0. The van der Waals surface area contributed by atoms with Gasteiger partial charge in [-0.3, -0.25) is 4.79 Å². The first-order chi connectivity index (χ1) is 9.65. The molecule has 0 bridgehead atoms. The Morgan fingerprint density at radius 3 is 2.80 bits per heavy atom. The van der Waals surface area contributed by atoms with Gasteiger partial charge < -0.3 is 10.1 Å². The standard InChI is InChI=1S/C17H25NO2/c1-4-5-6-7-11-18-17(19)15-10-8-9-14-12(2)13(3)20-16(14)15/h8-10,12-13H,4-7,11H2,1-3H3,(H,18,19)/t12-,13+/m1/s1. The number of fused-ring (bicyclic) bond motifs is 1. The van der Waals surface area contributed by atoms with Gasteiger partial charge in [-0.25, -0.2) is 0 Å². The topological polar surface area (TPSA) is 38.3 Å². The predicted molar refractivity (Wildman–Crippen MR) is 81.4 cm³/mol. The van der Waals surface area contributed by atoms with E-state index >= 15 is 0 Å². The summed E-state index contributed by atoms with van der Waals surface area (Å²) in [7, 11) is 0. The fourth-order valence-corrected chi connectivity index (χ4v) is 2.61. The predicted octanol–water partition coefficient (Wildman–Crippen LogP) is 3.88. The molecule has 0 fully saturated rings. The molecule has 0 saturated heterocycles. The van der Waals surface area contributed by atoms with Gasteiger partial charge in [0.2, 0.25) is 0 Å². The maximum absolute atomic E-state index is 12.3. The number of rotatable bonds is 6. The summed E-state index contributed by atoms with van der Waals surface area (Å²) < 4.78 is 5.86. The van der Waals surface area contributed by atoms with Gasteiger partial charge in [-0.15, -0.1) is 0 Å². The van der Waals surface area contributed by atoms with E-state index in [4.69, 9.17) is 4.74 Å². The molecule has 0 radical (unpaired) electrons. The number of para-hydroxylation sites is 1. The Labute approximate surface area is 121 Å².